The molecule has 0 saturated heterocycles. The number of aryl methyl sites for hydroxylation is 1. The van der Waals surface area contributed by atoms with Crippen molar-refractivity contribution in [1.82, 2.24) is 15.2 Å². The number of nitrogens with zero attached hydrogens (tertiary/aromatic N) is 2. The number of nitrogens with one attached hydrogen (secondary N) is 2. The Morgan fingerprint density at radius 1 is 1.22 bits per heavy atom. The highest BCUT2D eigenvalue weighted by molar-refractivity contribution is 9.10. The van der Waals surface area contributed by atoms with E-state index in [0.717, 1.165) is 15.6 Å². The van der Waals surface area contributed by atoms with Gasteiger partial charge in [0.05, 0.1) is 5.69 Å². The second kappa shape index (κ2) is 8.49. The van der Waals surface area contributed by atoms with E-state index < -0.39 is 0 Å². The first-order valence-corrected chi connectivity index (χ1v) is 9.93. The zero-order chi connectivity index (χ0) is 19.4. The molecule has 1 aromatic heterocycles. The van der Waals surface area contributed by atoms with E-state index in [2.05, 4.69) is 36.4 Å². The van der Waals surface area contributed by atoms with Crippen molar-refractivity contribution >= 4 is 39.3 Å². The first kappa shape index (κ1) is 19.3. The number of hydrogen-bond acceptors (Lipinski definition) is 5. The van der Waals surface area contributed by atoms with Gasteiger partial charge in [-0.25, -0.2) is 0 Å². The van der Waals surface area contributed by atoms with Crippen LogP contribution in [0, 0.1) is 6.92 Å². The maximum absolute atomic E-state index is 12.6. The van der Waals surface area contributed by atoms with E-state index in [9.17, 15) is 9.59 Å². The Morgan fingerprint density at radius 3 is 2.74 bits per heavy atom. The number of aromatic nitrogens is 3. The topological polar surface area (TPSA) is 87.7 Å². The zero-order valence-corrected chi connectivity index (χ0v) is 17.1. The molecule has 0 radical (unpaired) electrons. The van der Waals surface area contributed by atoms with Gasteiger partial charge in [0.15, 0.2) is 10.9 Å². The average molecular weight is 445 g/mol. The van der Waals surface area contributed by atoms with Crippen molar-refractivity contribution in [3.63, 3.8) is 0 Å². The highest BCUT2D eigenvalue weighted by atomic mass is 79.9. The zero-order valence-electron chi connectivity index (χ0n) is 14.7. The van der Waals surface area contributed by atoms with Crippen LogP contribution in [0.5, 0.6) is 0 Å². The summed E-state index contributed by atoms with van der Waals surface area (Å²) >= 11 is 4.84. The molecule has 2 aromatic carbocycles. The predicted molar refractivity (Wildman–Crippen MR) is 111 cm³/mol. The van der Waals surface area contributed by atoms with E-state index in [0.29, 0.717) is 22.2 Å². The summed E-state index contributed by atoms with van der Waals surface area (Å²) in [6, 6.07) is 13.3. The standard InChI is InChI=1S/C19H17BrN4O2S/c1-11-6-7-16(21-12(2)25)15(8-11)17-18(26)22-19(24-23-17)27-10-13-4-3-5-14(20)9-13/h3-9H,10H2,1-2H3,(H,21,25)(H,22,24,26). The van der Waals surface area contributed by atoms with Gasteiger partial charge in [0.25, 0.3) is 5.56 Å². The van der Waals surface area contributed by atoms with E-state index in [1.54, 1.807) is 12.1 Å². The number of halogens is 1. The first-order chi connectivity index (χ1) is 12.9. The second-order valence-electron chi connectivity index (χ2n) is 5.96. The molecule has 3 aromatic rings. The summed E-state index contributed by atoms with van der Waals surface area (Å²) in [5, 5.41) is 11.4. The largest absolute Gasteiger partial charge is 0.326 e. The van der Waals surface area contributed by atoms with Crippen LogP contribution < -0.4 is 10.9 Å². The number of hydrogen-bond donors (Lipinski definition) is 2. The lowest BCUT2D eigenvalue weighted by Crippen LogP contribution is -2.16. The molecule has 0 aliphatic heterocycles. The third-order valence-corrected chi connectivity index (χ3v) is 5.11. The molecular formula is C19H17BrN4O2S. The molecule has 1 heterocycles. The molecule has 1 amide bonds. The summed E-state index contributed by atoms with van der Waals surface area (Å²) in [7, 11) is 0. The third-order valence-electron chi connectivity index (χ3n) is 3.68. The van der Waals surface area contributed by atoms with Crippen molar-refractivity contribution < 1.29 is 4.79 Å². The molecule has 2 N–H and O–H groups in total. The van der Waals surface area contributed by atoms with Crippen molar-refractivity contribution in [2.45, 2.75) is 24.8 Å². The Balaban J connectivity index is 1.86. The quantitative estimate of drug-likeness (QED) is 0.576. The Bertz CT molecular complexity index is 1050. The lowest BCUT2D eigenvalue weighted by molar-refractivity contribution is -0.114. The number of H-pyrrole nitrogens is 1. The van der Waals surface area contributed by atoms with E-state index in [1.807, 2.05) is 37.3 Å². The minimum Gasteiger partial charge on any atom is -0.326 e. The Morgan fingerprint density at radius 2 is 2.04 bits per heavy atom. The number of carbonyl (C=O) groups is 1. The Labute approximate surface area is 168 Å². The van der Waals surface area contributed by atoms with E-state index in [1.165, 1.54) is 18.7 Å². The van der Waals surface area contributed by atoms with Crippen LogP contribution in [-0.4, -0.2) is 21.1 Å². The highest BCUT2D eigenvalue weighted by Crippen LogP contribution is 2.26. The molecule has 3 rings (SSSR count). The van der Waals surface area contributed by atoms with Gasteiger partial charge in [-0.2, -0.15) is 0 Å². The van der Waals surface area contributed by atoms with E-state index >= 15 is 0 Å². The molecule has 27 heavy (non-hydrogen) atoms. The predicted octanol–water partition coefficient (Wildman–Crippen LogP) is 4.15. The van der Waals surface area contributed by atoms with Gasteiger partial charge >= 0.3 is 0 Å². The van der Waals surface area contributed by atoms with Crippen molar-refractivity contribution in [2.75, 3.05) is 5.32 Å². The van der Waals surface area contributed by atoms with Crippen molar-refractivity contribution in [3.8, 4) is 11.3 Å². The number of aromatic amines is 1. The number of rotatable bonds is 5. The van der Waals surface area contributed by atoms with Gasteiger partial charge in [-0.15, -0.1) is 10.2 Å². The molecule has 0 spiro atoms. The van der Waals surface area contributed by atoms with Crippen LogP contribution in [0.4, 0.5) is 5.69 Å². The third kappa shape index (κ3) is 5.05. The van der Waals surface area contributed by atoms with E-state index in [-0.39, 0.29) is 17.2 Å². The SMILES string of the molecule is CC(=O)Nc1ccc(C)cc1-c1nnc(SCc2cccc(Br)c2)[nH]c1=O. The van der Waals surface area contributed by atoms with Crippen LogP contribution in [0.1, 0.15) is 18.1 Å². The summed E-state index contributed by atoms with van der Waals surface area (Å²) in [5.41, 5.74) is 2.96. The van der Waals surface area contributed by atoms with Gasteiger partial charge in [0.2, 0.25) is 5.91 Å². The van der Waals surface area contributed by atoms with Crippen LogP contribution in [-0.2, 0) is 10.5 Å². The summed E-state index contributed by atoms with van der Waals surface area (Å²) in [6.07, 6.45) is 0. The van der Waals surface area contributed by atoms with Crippen LogP contribution >= 0.6 is 27.7 Å². The first-order valence-electron chi connectivity index (χ1n) is 8.15. The summed E-state index contributed by atoms with van der Waals surface area (Å²) in [4.78, 5) is 26.8. The van der Waals surface area contributed by atoms with Crippen LogP contribution in [0.15, 0.2) is 56.9 Å². The highest BCUT2D eigenvalue weighted by Gasteiger charge is 2.14. The van der Waals surface area contributed by atoms with Crippen LogP contribution in [0.25, 0.3) is 11.3 Å². The Hall–Kier alpha value is -2.45. The normalized spacial score (nSPS) is 10.6. The lowest BCUT2D eigenvalue weighted by Gasteiger charge is -2.10. The number of amides is 1. The fraction of sp³-hybridized carbons (Fsp3) is 0.158. The number of carbonyl (C=O) groups excluding carboxylic acids is 1. The van der Waals surface area contributed by atoms with Crippen molar-refractivity contribution in [2.24, 2.45) is 0 Å². The van der Waals surface area contributed by atoms with Crippen LogP contribution in [0.2, 0.25) is 0 Å². The number of benzene rings is 2. The molecule has 8 heteroatoms. The molecule has 0 bridgehead atoms. The molecule has 0 atom stereocenters. The minimum atomic E-state index is -0.348. The van der Waals surface area contributed by atoms with Crippen molar-refractivity contribution in [1.29, 1.82) is 0 Å². The smallest absolute Gasteiger partial charge is 0.278 e. The Kier molecular flexibility index (Phi) is 6.08. The molecule has 0 aliphatic carbocycles. The van der Waals surface area contributed by atoms with E-state index in [4.69, 9.17) is 0 Å². The van der Waals surface area contributed by atoms with Crippen LogP contribution in [0.3, 0.4) is 0 Å². The van der Waals surface area contributed by atoms with Gasteiger partial charge in [-0.1, -0.05) is 51.5 Å². The molecule has 0 saturated carbocycles. The number of anilines is 1. The minimum absolute atomic E-state index is 0.175. The molecule has 6 nitrogen and oxygen atoms in total. The molecule has 0 fully saturated rings. The van der Waals surface area contributed by atoms with Gasteiger partial charge in [0, 0.05) is 22.7 Å². The lowest BCUT2D eigenvalue weighted by atomic mass is 10.1. The molecule has 138 valence electrons. The maximum Gasteiger partial charge on any atom is 0.278 e. The molecule has 0 aliphatic rings. The molecule has 0 unspecified atom stereocenters. The fourth-order valence-corrected chi connectivity index (χ4v) is 3.69. The fourth-order valence-electron chi connectivity index (χ4n) is 2.49. The van der Waals surface area contributed by atoms with Gasteiger partial charge in [-0.05, 0) is 36.8 Å². The monoisotopic (exact) mass is 444 g/mol. The van der Waals surface area contributed by atoms with Crippen molar-refractivity contribution in [3.05, 3.63) is 68.4 Å². The average Bonchev–Trinajstić information content (AvgIpc) is 2.61. The number of thioether (sulfide) groups is 1. The summed E-state index contributed by atoms with van der Waals surface area (Å²) < 4.78 is 1.00. The van der Waals surface area contributed by atoms with Gasteiger partial charge in [-0.3, -0.25) is 14.6 Å². The second-order valence-corrected chi connectivity index (χ2v) is 7.84. The summed E-state index contributed by atoms with van der Waals surface area (Å²) in [6.45, 7) is 3.33. The van der Waals surface area contributed by atoms with Gasteiger partial charge < -0.3 is 5.32 Å². The summed E-state index contributed by atoms with van der Waals surface area (Å²) in [5.74, 6) is 0.441. The molecular weight excluding hydrogens is 428 g/mol. The van der Waals surface area contributed by atoms with Gasteiger partial charge in [0.1, 0.15) is 0 Å². The maximum atomic E-state index is 12.6.